The molecule has 2 heterocycles. The van der Waals surface area contributed by atoms with E-state index >= 15 is 0 Å². The van der Waals surface area contributed by atoms with Crippen LogP contribution in [0.3, 0.4) is 0 Å². The van der Waals surface area contributed by atoms with E-state index in [-0.39, 0.29) is 0 Å². The SMILES string of the molecule is CC(C)NCc1ccnc(N2CCC(C)(C)C2)c1. The van der Waals surface area contributed by atoms with Gasteiger partial charge in [0.25, 0.3) is 0 Å². The first-order valence-corrected chi connectivity index (χ1v) is 6.89. The lowest BCUT2D eigenvalue weighted by Gasteiger charge is -2.21. The van der Waals surface area contributed by atoms with Crippen LogP contribution in [-0.4, -0.2) is 24.1 Å². The van der Waals surface area contributed by atoms with Gasteiger partial charge < -0.3 is 10.2 Å². The molecule has 0 saturated carbocycles. The number of pyridine rings is 1. The molecule has 0 spiro atoms. The van der Waals surface area contributed by atoms with E-state index < -0.39 is 0 Å². The van der Waals surface area contributed by atoms with E-state index in [2.05, 4.69) is 55.0 Å². The number of anilines is 1. The maximum absolute atomic E-state index is 4.51. The molecule has 0 atom stereocenters. The van der Waals surface area contributed by atoms with Gasteiger partial charge in [-0.1, -0.05) is 27.7 Å². The summed E-state index contributed by atoms with van der Waals surface area (Å²) in [4.78, 5) is 6.91. The molecule has 1 saturated heterocycles. The predicted octanol–water partition coefficient (Wildman–Crippen LogP) is 2.82. The van der Waals surface area contributed by atoms with Gasteiger partial charge >= 0.3 is 0 Å². The minimum absolute atomic E-state index is 0.424. The van der Waals surface area contributed by atoms with Crippen LogP contribution < -0.4 is 10.2 Å². The second-order valence-electron chi connectivity index (χ2n) is 6.39. The summed E-state index contributed by atoms with van der Waals surface area (Å²) in [6.07, 6.45) is 3.18. The van der Waals surface area contributed by atoms with Gasteiger partial charge in [0.2, 0.25) is 0 Å². The summed E-state index contributed by atoms with van der Waals surface area (Å²) in [6, 6.07) is 4.84. The van der Waals surface area contributed by atoms with Crippen LogP contribution >= 0.6 is 0 Å². The molecule has 3 nitrogen and oxygen atoms in total. The molecule has 0 unspecified atom stereocenters. The molecule has 1 aliphatic heterocycles. The summed E-state index contributed by atoms with van der Waals surface area (Å²) in [5.41, 5.74) is 1.74. The van der Waals surface area contributed by atoms with E-state index in [1.165, 1.54) is 12.0 Å². The van der Waals surface area contributed by atoms with Crippen molar-refractivity contribution < 1.29 is 0 Å². The lowest BCUT2D eigenvalue weighted by Crippen LogP contribution is -2.24. The maximum Gasteiger partial charge on any atom is 0.128 e. The number of aromatic nitrogens is 1. The van der Waals surface area contributed by atoms with Crippen LogP contribution in [0.1, 0.15) is 39.7 Å². The van der Waals surface area contributed by atoms with Crippen LogP contribution in [0.4, 0.5) is 5.82 Å². The van der Waals surface area contributed by atoms with Crippen LogP contribution in [0.5, 0.6) is 0 Å². The third-order valence-electron chi connectivity index (χ3n) is 3.53. The molecular weight excluding hydrogens is 222 g/mol. The van der Waals surface area contributed by atoms with Crippen molar-refractivity contribution in [3.63, 3.8) is 0 Å². The molecule has 1 aliphatic rings. The lowest BCUT2D eigenvalue weighted by atomic mass is 9.93. The van der Waals surface area contributed by atoms with Crippen LogP contribution in [0.15, 0.2) is 18.3 Å². The van der Waals surface area contributed by atoms with Crippen LogP contribution in [0.25, 0.3) is 0 Å². The van der Waals surface area contributed by atoms with Crippen LogP contribution in [0, 0.1) is 5.41 Å². The molecule has 2 rings (SSSR count). The summed E-state index contributed by atoms with van der Waals surface area (Å²) >= 11 is 0. The first kappa shape index (κ1) is 13.3. The summed E-state index contributed by atoms with van der Waals surface area (Å²) in [5, 5.41) is 3.45. The van der Waals surface area contributed by atoms with Crippen molar-refractivity contribution in [1.29, 1.82) is 0 Å². The topological polar surface area (TPSA) is 28.2 Å². The average Bonchev–Trinajstić information content (AvgIpc) is 2.67. The highest BCUT2D eigenvalue weighted by atomic mass is 15.2. The first-order valence-electron chi connectivity index (χ1n) is 6.89. The zero-order valence-corrected chi connectivity index (χ0v) is 12.0. The van der Waals surface area contributed by atoms with E-state index in [4.69, 9.17) is 0 Å². The Morgan fingerprint density at radius 1 is 1.44 bits per heavy atom. The molecule has 3 heteroatoms. The molecule has 18 heavy (non-hydrogen) atoms. The Kier molecular flexibility index (Phi) is 3.91. The fourth-order valence-corrected chi connectivity index (χ4v) is 2.37. The van der Waals surface area contributed by atoms with Gasteiger partial charge in [0.15, 0.2) is 0 Å². The molecule has 0 aliphatic carbocycles. The number of hydrogen-bond donors (Lipinski definition) is 1. The Balaban J connectivity index is 2.03. The van der Waals surface area contributed by atoms with E-state index in [9.17, 15) is 0 Å². The Bertz CT molecular complexity index is 398. The van der Waals surface area contributed by atoms with E-state index in [1.54, 1.807) is 0 Å². The average molecular weight is 247 g/mol. The Morgan fingerprint density at radius 3 is 2.83 bits per heavy atom. The fourth-order valence-electron chi connectivity index (χ4n) is 2.37. The van der Waals surface area contributed by atoms with Gasteiger partial charge in [-0.2, -0.15) is 0 Å². The first-order chi connectivity index (χ1) is 8.46. The van der Waals surface area contributed by atoms with Gasteiger partial charge in [0.05, 0.1) is 0 Å². The third kappa shape index (κ3) is 3.45. The van der Waals surface area contributed by atoms with Crippen LogP contribution in [-0.2, 0) is 6.54 Å². The van der Waals surface area contributed by atoms with Gasteiger partial charge in [0.1, 0.15) is 5.82 Å². The molecule has 0 radical (unpaired) electrons. The number of nitrogens with zero attached hydrogens (tertiary/aromatic N) is 2. The third-order valence-corrected chi connectivity index (χ3v) is 3.53. The Labute approximate surface area is 111 Å². The lowest BCUT2D eigenvalue weighted by molar-refractivity contribution is 0.418. The molecule has 1 N–H and O–H groups in total. The summed E-state index contributed by atoms with van der Waals surface area (Å²) in [6.45, 7) is 12.2. The van der Waals surface area contributed by atoms with Crippen molar-refractivity contribution in [2.45, 2.75) is 46.7 Å². The highest BCUT2D eigenvalue weighted by Crippen LogP contribution is 2.31. The fraction of sp³-hybridized carbons (Fsp3) is 0.667. The predicted molar refractivity (Wildman–Crippen MR) is 76.8 cm³/mol. The second-order valence-corrected chi connectivity index (χ2v) is 6.39. The van der Waals surface area contributed by atoms with Crippen LogP contribution in [0.2, 0.25) is 0 Å². The minimum atomic E-state index is 0.424. The summed E-state index contributed by atoms with van der Waals surface area (Å²) < 4.78 is 0. The number of nitrogens with one attached hydrogen (secondary N) is 1. The smallest absolute Gasteiger partial charge is 0.128 e. The number of hydrogen-bond acceptors (Lipinski definition) is 3. The van der Waals surface area contributed by atoms with Crippen molar-refractivity contribution in [3.8, 4) is 0 Å². The number of rotatable bonds is 4. The van der Waals surface area contributed by atoms with Gasteiger partial charge in [-0.05, 0) is 29.5 Å². The van der Waals surface area contributed by atoms with Crippen molar-refractivity contribution in [1.82, 2.24) is 10.3 Å². The molecule has 0 aromatic carbocycles. The molecular formula is C15H25N3. The highest BCUT2D eigenvalue weighted by Gasteiger charge is 2.29. The maximum atomic E-state index is 4.51. The summed E-state index contributed by atoms with van der Waals surface area (Å²) in [7, 11) is 0. The second kappa shape index (κ2) is 5.27. The largest absolute Gasteiger partial charge is 0.356 e. The zero-order valence-electron chi connectivity index (χ0n) is 12.0. The monoisotopic (exact) mass is 247 g/mol. The van der Waals surface area contributed by atoms with E-state index in [0.717, 1.165) is 25.5 Å². The summed E-state index contributed by atoms with van der Waals surface area (Å²) in [5.74, 6) is 1.13. The van der Waals surface area contributed by atoms with Gasteiger partial charge in [-0.15, -0.1) is 0 Å². The van der Waals surface area contributed by atoms with Gasteiger partial charge in [0, 0.05) is 31.9 Å². The molecule has 1 fully saturated rings. The molecule has 100 valence electrons. The van der Waals surface area contributed by atoms with Crippen molar-refractivity contribution in [2.75, 3.05) is 18.0 Å². The standard InChI is InChI=1S/C15H25N3/c1-12(2)17-10-13-5-7-16-14(9-13)18-8-6-15(3,4)11-18/h5,7,9,12,17H,6,8,10-11H2,1-4H3. The highest BCUT2D eigenvalue weighted by molar-refractivity contribution is 5.42. The van der Waals surface area contributed by atoms with E-state index in [0.29, 0.717) is 11.5 Å². The normalized spacial score (nSPS) is 18.6. The Morgan fingerprint density at radius 2 is 2.22 bits per heavy atom. The van der Waals surface area contributed by atoms with Crippen molar-refractivity contribution in [2.24, 2.45) is 5.41 Å². The molecule has 0 bridgehead atoms. The van der Waals surface area contributed by atoms with Gasteiger partial charge in [-0.25, -0.2) is 4.98 Å². The Hall–Kier alpha value is -1.09. The molecule has 0 amide bonds. The quantitative estimate of drug-likeness (QED) is 0.887. The minimum Gasteiger partial charge on any atom is -0.356 e. The van der Waals surface area contributed by atoms with E-state index in [1.807, 2.05) is 6.20 Å². The van der Waals surface area contributed by atoms with Crippen molar-refractivity contribution in [3.05, 3.63) is 23.9 Å². The molecule has 1 aromatic heterocycles. The van der Waals surface area contributed by atoms with Crippen molar-refractivity contribution >= 4 is 5.82 Å². The zero-order chi connectivity index (χ0) is 13.2. The van der Waals surface area contributed by atoms with Gasteiger partial charge in [-0.3, -0.25) is 0 Å². The molecule has 1 aromatic rings.